The van der Waals surface area contributed by atoms with Crippen LogP contribution in [0.3, 0.4) is 0 Å². The van der Waals surface area contributed by atoms with Crippen LogP contribution in [-0.2, 0) is 4.74 Å². The molecule has 0 atom stereocenters. The number of aliphatic imine (C=N–C) groups is 1. The van der Waals surface area contributed by atoms with E-state index in [0.29, 0.717) is 67.6 Å². The van der Waals surface area contributed by atoms with Crippen molar-refractivity contribution in [3.8, 4) is 27.8 Å². The SMILES string of the molecule is COCCNc1nccc(-c2sc(C(N)=NC=[N-])c(-c3ccc(Cl)cc3Cl)c2C#N)n1. The van der Waals surface area contributed by atoms with E-state index < -0.39 is 0 Å². The van der Waals surface area contributed by atoms with Gasteiger partial charge in [0.1, 0.15) is 6.07 Å². The van der Waals surface area contributed by atoms with Gasteiger partial charge in [-0.25, -0.2) is 9.97 Å². The van der Waals surface area contributed by atoms with Crippen molar-refractivity contribution < 1.29 is 4.74 Å². The van der Waals surface area contributed by atoms with E-state index in [-0.39, 0.29) is 5.84 Å². The van der Waals surface area contributed by atoms with Gasteiger partial charge in [-0.1, -0.05) is 29.3 Å². The number of anilines is 1. The summed E-state index contributed by atoms with van der Waals surface area (Å²) in [5, 5.41) is 23.0. The zero-order chi connectivity index (χ0) is 22.4. The third kappa shape index (κ3) is 5.00. The van der Waals surface area contributed by atoms with Gasteiger partial charge in [0.2, 0.25) is 5.95 Å². The van der Waals surface area contributed by atoms with Crippen LogP contribution >= 0.6 is 34.5 Å². The van der Waals surface area contributed by atoms with E-state index >= 15 is 0 Å². The van der Waals surface area contributed by atoms with Crippen molar-refractivity contribution in [3.63, 3.8) is 0 Å². The van der Waals surface area contributed by atoms with Crippen LogP contribution in [0.4, 0.5) is 5.95 Å². The highest BCUT2D eigenvalue weighted by molar-refractivity contribution is 7.18. The predicted molar refractivity (Wildman–Crippen MR) is 126 cm³/mol. The van der Waals surface area contributed by atoms with E-state index in [1.807, 2.05) is 0 Å². The summed E-state index contributed by atoms with van der Waals surface area (Å²) >= 11 is 13.7. The van der Waals surface area contributed by atoms with Gasteiger partial charge in [-0.2, -0.15) is 5.26 Å². The van der Waals surface area contributed by atoms with Crippen molar-refractivity contribution in [2.75, 3.05) is 25.6 Å². The molecule has 0 aliphatic heterocycles. The Kier molecular flexibility index (Phi) is 7.55. The van der Waals surface area contributed by atoms with Crippen molar-refractivity contribution in [1.82, 2.24) is 9.97 Å². The lowest BCUT2D eigenvalue weighted by Gasteiger charge is -2.09. The fourth-order valence-electron chi connectivity index (χ4n) is 2.80. The molecule has 0 bridgehead atoms. The molecule has 0 radical (unpaired) electrons. The molecule has 0 unspecified atom stereocenters. The number of aromatic nitrogens is 2. The van der Waals surface area contributed by atoms with Crippen LogP contribution in [0.5, 0.6) is 0 Å². The Morgan fingerprint density at radius 1 is 1.42 bits per heavy atom. The molecule has 2 heterocycles. The number of amidine groups is 1. The molecule has 3 rings (SSSR count). The number of nitriles is 1. The number of nitrogens with two attached hydrogens (primary N) is 1. The van der Waals surface area contributed by atoms with Crippen LogP contribution in [0.25, 0.3) is 27.1 Å². The number of nitrogens with zero attached hydrogens (tertiary/aromatic N) is 5. The predicted octanol–water partition coefficient (Wildman–Crippen LogP) is 4.41. The summed E-state index contributed by atoms with van der Waals surface area (Å²) in [5.74, 6) is 0.425. The highest BCUT2D eigenvalue weighted by Gasteiger charge is 2.24. The molecule has 11 heteroatoms. The first-order valence-corrected chi connectivity index (χ1v) is 10.5. The minimum Gasteiger partial charge on any atom is -0.472 e. The highest BCUT2D eigenvalue weighted by atomic mass is 35.5. The van der Waals surface area contributed by atoms with E-state index in [2.05, 4.69) is 26.3 Å². The first-order valence-electron chi connectivity index (χ1n) is 8.88. The van der Waals surface area contributed by atoms with Gasteiger partial charge in [0, 0.05) is 46.9 Å². The van der Waals surface area contributed by atoms with Crippen LogP contribution in [-0.4, -0.2) is 42.4 Å². The molecular formula is C20H16Cl2N7OS-. The Hall–Kier alpha value is -3.03. The van der Waals surface area contributed by atoms with Crippen LogP contribution in [0, 0.1) is 11.3 Å². The number of rotatable bonds is 8. The van der Waals surface area contributed by atoms with Crippen LogP contribution < -0.4 is 11.1 Å². The Morgan fingerprint density at radius 3 is 2.90 bits per heavy atom. The minimum absolute atomic E-state index is 0.0313. The van der Waals surface area contributed by atoms with Gasteiger partial charge in [0.25, 0.3) is 0 Å². The second-order valence-corrected chi connectivity index (χ2v) is 7.93. The molecule has 0 saturated carbocycles. The van der Waals surface area contributed by atoms with Crippen LogP contribution in [0.1, 0.15) is 10.4 Å². The zero-order valence-electron chi connectivity index (χ0n) is 16.3. The van der Waals surface area contributed by atoms with E-state index in [4.69, 9.17) is 39.1 Å². The fraction of sp³-hybridized carbons (Fsp3) is 0.150. The average molecular weight is 473 g/mol. The monoisotopic (exact) mass is 472 g/mol. The number of hydrogen-bond acceptors (Lipinski definition) is 6. The summed E-state index contributed by atoms with van der Waals surface area (Å²) in [6.45, 7) is 1.02. The maximum Gasteiger partial charge on any atom is 0.223 e. The Labute approximate surface area is 192 Å². The quantitative estimate of drug-likeness (QED) is 0.283. The summed E-state index contributed by atoms with van der Waals surface area (Å²) in [7, 11) is 1.60. The molecule has 1 aromatic carbocycles. The van der Waals surface area contributed by atoms with E-state index in [1.54, 1.807) is 37.6 Å². The molecule has 0 amide bonds. The molecule has 0 saturated heterocycles. The Balaban J connectivity index is 2.21. The molecule has 158 valence electrons. The molecule has 0 spiro atoms. The molecule has 0 aliphatic carbocycles. The molecule has 31 heavy (non-hydrogen) atoms. The summed E-state index contributed by atoms with van der Waals surface area (Å²) < 4.78 is 5.02. The Bertz CT molecular complexity index is 1190. The molecule has 2 aromatic heterocycles. The van der Waals surface area contributed by atoms with Crippen molar-refractivity contribution in [3.05, 3.63) is 56.4 Å². The van der Waals surface area contributed by atoms with Gasteiger partial charge >= 0.3 is 0 Å². The number of hydrogen-bond donors (Lipinski definition) is 2. The van der Waals surface area contributed by atoms with Gasteiger partial charge in [-0.05, 0) is 18.2 Å². The first-order chi connectivity index (χ1) is 15.0. The van der Waals surface area contributed by atoms with Gasteiger partial charge in [0.15, 0.2) is 0 Å². The maximum atomic E-state index is 10.0. The molecule has 3 aromatic rings. The lowest BCUT2D eigenvalue weighted by atomic mass is 9.99. The van der Waals surface area contributed by atoms with E-state index in [9.17, 15) is 5.26 Å². The number of methoxy groups -OCH3 is 1. The standard InChI is InChI=1S/C20H16Cl2N7OS/c1-30-7-6-27-20-26-5-4-15(29-20)17-13(9-23)16(18(31-17)19(25)28-10-24)12-3-2-11(21)8-14(12)22/h2-5,8,10H,6-7H2,1H3,(H3-,24,25,26,27,28,29)/q-1. The summed E-state index contributed by atoms with van der Waals surface area (Å²) in [6, 6.07) is 8.86. The normalized spacial score (nSPS) is 11.2. The van der Waals surface area contributed by atoms with Gasteiger partial charge < -0.3 is 26.2 Å². The lowest BCUT2D eigenvalue weighted by Crippen LogP contribution is -2.12. The van der Waals surface area contributed by atoms with Crippen molar-refractivity contribution >= 4 is 52.7 Å². The summed E-state index contributed by atoms with van der Waals surface area (Å²) in [5.41, 5.74) is 7.97. The van der Waals surface area contributed by atoms with E-state index in [0.717, 1.165) is 0 Å². The smallest absolute Gasteiger partial charge is 0.223 e. The molecule has 0 aliphatic rings. The number of halogens is 2. The lowest BCUT2D eigenvalue weighted by molar-refractivity contribution is 0.210. The van der Waals surface area contributed by atoms with Crippen LogP contribution in [0.15, 0.2) is 35.5 Å². The van der Waals surface area contributed by atoms with Gasteiger partial charge in [0.05, 0.1) is 27.6 Å². The number of thiophene rings is 1. The summed E-state index contributed by atoms with van der Waals surface area (Å²) in [4.78, 5) is 13.5. The fourth-order valence-corrected chi connectivity index (χ4v) is 4.45. The topological polar surface area (TPSA) is 132 Å². The second kappa shape index (κ2) is 10.3. The zero-order valence-corrected chi connectivity index (χ0v) is 18.6. The largest absolute Gasteiger partial charge is 0.472 e. The highest BCUT2D eigenvalue weighted by Crippen LogP contribution is 2.44. The molecule has 0 fully saturated rings. The molecule has 8 nitrogen and oxygen atoms in total. The van der Waals surface area contributed by atoms with Crippen LogP contribution in [0.2, 0.25) is 10.0 Å². The van der Waals surface area contributed by atoms with E-state index in [1.165, 1.54) is 11.3 Å². The first kappa shape index (κ1) is 22.7. The number of benzene rings is 1. The second-order valence-electron chi connectivity index (χ2n) is 6.06. The van der Waals surface area contributed by atoms with Crippen molar-refractivity contribution in [2.45, 2.75) is 0 Å². The molecular weight excluding hydrogens is 457 g/mol. The third-order valence-corrected chi connectivity index (χ3v) is 5.91. The Morgan fingerprint density at radius 2 is 2.23 bits per heavy atom. The number of nitrogens with one attached hydrogen (secondary N) is 1. The van der Waals surface area contributed by atoms with Gasteiger partial charge in [-0.15, -0.1) is 17.7 Å². The van der Waals surface area contributed by atoms with Gasteiger partial charge in [-0.3, -0.25) is 0 Å². The minimum atomic E-state index is 0.0313. The van der Waals surface area contributed by atoms with Crippen molar-refractivity contribution in [2.24, 2.45) is 10.7 Å². The third-order valence-electron chi connectivity index (χ3n) is 4.13. The maximum absolute atomic E-state index is 10.0. The molecule has 3 N–H and O–H groups in total. The average Bonchev–Trinajstić information content (AvgIpc) is 3.14. The summed E-state index contributed by atoms with van der Waals surface area (Å²) in [6.07, 6.45) is 2.18. The van der Waals surface area contributed by atoms with Crippen molar-refractivity contribution in [1.29, 1.82) is 5.26 Å². The number of ether oxygens (including phenoxy) is 1.